The van der Waals surface area contributed by atoms with Crippen molar-refractivity contribution in [2.75, 3.05) is 0 Å². The highest BCUT2D eigenvalue weighted by atomic mass is 35.5. The smallest absolute Gasteiger partial charge is 0.238 e. The highest BCUT2D eigenvalue weighted by molar-refractivity contribution is 7.89. The number of sulfonamides is 1. The summed E-state index contributed by atoms with van der Waals surface area (Å²) >= 11 is 5.89. The van der Waals surface area contributed by atoms with Crippen LogP contribution in [-0.4, -0.2) is 18.0 Å². The van der Waals surface area contributed by atoms with Crippen LogP contribution in [0.2, 0.25) is 5.02 Å². The third-order valence-corrected chi connectivity index (χ3v) is 4.37. The van der Waals surface area contributed by atoms with Gasteiger partial charge < -0.3 is 0 Å². The van der Waals surface area contributed by atoms with E-state index in [9.17, 15) is 8.42 Å². The molecular formula is C15H12ClN3O2S. The molecule has 0 spiro atoms. The molecule has 3 aromatic rings. The molecule has 0 aliphatic heterocycles. The van der Waals surface area contributed by atoms with Crippen LogP contribution in [0.4, 0.5) is 0 Å². The number of rotatable bonds is 3. The molecule has 3 rings (SSSR count). The molecule has 2 aromatic carbocycles. The average molecular weight is 334 g/mol. The predicted molar refractivity (Wildman–Crippen MR) is 85.4 cm³/mol. The SMILES string of the molecule is NS(=O)(=O)c1ccc(-n2ccnc2-c2ccc(Cl)cc2)cc1. The fraction of sp³-hybridized carbons (Fsp3) is 0. The fourth-order valence-electron chi connectivity index (χ4n) is 2.12. The van der Waals surface area contributed by atoms with Gasteiger partial charge in [0, 0.05) is 28.7 Å². The third-order valence-electron chi connectivity index (χ3n) is 3.19. The molecule has 0 aliphatic carbocycles. The van der Waals surface area contributed by atoms with Gasteiger partial charge in [0.25, 0.3) is 0 Å². The van der Waals surface area contributed by atoms with Crippen molar-refractivity contribution in [1.82, 2.24) is 9.55 Å². The molecule has 0 amide bonds. The van der Waals surface area contributed by atoms with E-state index in [1.54, 1.807) is 36.7 Å². The molecule has 1 aromatic heterocycles. The van der Waals surface area contributed by atoms with Crippen molar-refractivity contribution in [1.29, 1.82) is 0 Å². The van der Waals surface area contributed by atoms with E-state index in [4.69, 9.17) is 16.7 Å². The first-order valence-corrected chi connectivity index (χ1v) is 8.30. The summed E-state index contributed by atoms with van der Waals surface area (Å²) in [4.78, 5) is 4.41. The van der Waals surface area contributed by atoms with Crippen molar-refractivity contribution >= 4 is 21.6 Å². The molecule has 7 heteroatoms. The van der Waals surface area contributed by atoms with E-state index in [0.29, 0.717) is 5.02 Å². The zero-order valence-electron chi connectivity index (χ0n) is 11.3. The van der Waals surface area contributed by atoms with Crippen LogP contribution in [0.1, 0.15) is 0 Å². The number of nitrogens with two attached hydrogens (primary N) is 1. The Morgan fingerprint density at radius 1 is 1.00 bits per heavy atom. The summed E-state index contributed by atoms with van der Waals surface area (Å²) in [5.41, 5.74) is 1.69. The lowest BCUT2D eigenvalue weighted by Crippen LogP contribution is -2.12. The molecule has 0 bridgehead atoms. The van der Waals surface area contributed by atoms with Crippen LogP contribution in [0, 0.1) is 0 Å². The van der Waals surface area contributed by atoms with Crippen LogP contribution in [-0.2, 0) is 10.0 Å². The summed E-state index contributed by atoms with van der Waals surface area (Å²) in [7, 11) is -3.69. The van der Waals surface area contributed by atoms with Crippen LogP contribution in [0.15, 0.2) is 65.8 Å². The number of halogens is 1. The fourth-order valence-corrected chi connectivity index (χ4v) is 2.76. The van der Waals surface area contributed by atoms with Gasteiger partial charge in [-0.1, -0.05) is 11.6 Å². The molecule has 0 aliphatic rings. The Morgan fingerprint density at radius 3 is 2.23 bits per heavy atom. The standard InChI is InChI=1S/C15H12ClN3O2S/c16-12-3-1-11(2-4-12)15-18-9-10-19(15)13-5-7-14(8-6-13)22(17,20)21/h1-10H,(H2,17,20,21). The molecule has 0 atom stereocenters. The number of imidazole rings is 1. The van der Waals surface area contributed by atoms with Gasteiger partial charge >= 0.3 is 0 Å². The first-order valence-electron chi connectivity index (χ1n) is 6.38. The minimum absolute atomic E-state index is 0.0735. The number of nitrogens with zero attached hydrogens (tertiary/aromatic N) is 2. The van der Waals surface area contributed by atoms with Gasteiger partial charge in [-0.15, -0.1) is 0 Å². The second-order valence-corrected chi connectivity index (χ2v) is 6.66. The lowest BCUT2D eigenvalue weighted by atomic mass is 10.2. The number of hydrogen-bond acceptors (Lipinski definition) is 3. The number of aromatic nitrogens is 2. The lowest BCUT2D eigenvalue weighted by Gasteiger charge is -2.09. The summed E-state index contributed by atoms with van der Waals surface area (Å²) in [5, 5.41) is 5.75. The molecule has 22 heavy (non-hydrogen) atoms. The summed E-state index contributed by atoms with van der Waals surface area (Å²) in [6, 6.07) is 13.6. The van der Waals surface area contributed by atoms with E-state index in [1.807, 2.05) is 16.7 Å². The van der Waals surface area contributed by atoms with E-state index < -0.39 is 10.0 Å². The van der Waals surface area contributed by atoms with E-state index in [-0.39, 0.29) is 4.90 Å². The van der Waals surface area contributed by atoms with Gasteiger partial charge in [-0.3, -0.25) is 4.57 Å². The maximum absolute atomic E-state index is 11.3. The van der Waals surface area contributed by atoms with Gasteiger partial charge in [0.1, 0.15) is 5.82 Å². The van der Waals surface area contributed by atoms with Crippen molar-refractivity contribution < 1.29 is 8.42 Å². The molecule has 2 N–H and O–H groups in total. The van der Waals surface area contributed by atoms with Crippen molar-refractivity contribution in [3.8, 4) is 17.1 Å². The van der Waals surface area contributed by atoms with Gasteiger partial charge in [0.05, 0.1) is 4.90 Å². The molecule has 112 valence electrons. The quantitative estimate of drug-likeness (QED) is 0.800. The minimum atomic E-state index is -3.69. The molecule has 0 fully saturated rings. The summed E-state index contributed by atoms with van der Waals surface area (Å²) in [6.07, 6.45) is 3.48. The van der Waals surface area contributed by atoms with Gasteiger partial charge in [0.2, 0.25) is 10.0 Å². The molecule has 0 saturated heterocycles. The molecule has 0 radical (unpaired) electrons. The Bertz CT molecular complexity index is 901. The summed E-state index contributed by atoms with van der Waals surface area (Å²) in [6.45, 7) is 0. The van der Waals surface area contributed by atoms with Crippen LogP contribution in [0.25, 0.3) is 17.1 Å². The Hall–Kier alpha value is -2.15. The maximum atomic E-state index is 11.3. The number of benzene rings is 2. The van der Waals surface area contributed by atoms with Crippen molar-refractivity contribution in [2.45, 2.75) is 4.90 Å². The van der Waals surface area contributed by atoms with Crippen LogP contribution in [0.5, 0.6) is 0 Å². The predicted octanol–water partition coefficient (Wildman–Crippen LogP) is 2.84. The van der Waals surface area contributed by atoms with Crippen molar-refractivity contribution in [2.24, 2.45) is 5.14 Å². The van der Waals surface area contributed by atoms with Crippen molar-refractivity contribution in [3.63, 3.8) is 0 Å². The van der Waals surface area contributed by atoms with Crippen molar-refractivity contribution in [3.05, 3.63) is 65.9 Å². The van der Waals surface area contributed by atoms with Crippen LogP contribution >= 0.6 is 11.6 Å². The van der Waals surface area contributed by atoms with E-state index in [1.165, 1.54) is 12.1 Å². The lowest BCUT2D eigenvalue weighted by molar-refractivity contribution is 0.598. The summed E-state index contributed by atoms with van der Waals surface area (Å²) < 4.78 is 24.5. The minimum Gasteiger partial charge on any atom is -0.300 e. The van der Waals surface area contributed by atoms with E-state index in [2.05, 4.69) is 4.98 Å². The second kappa shape index (κ2) is 5.57. The monoisotopic (exact) mass is 333 g/mol. The summed E-state index contributed by atoms with van der Waals surface area (Å²) in [5.74, 6) is 0.736. The van der Waals surface area contributed by atoms with E-state index >= 15 is 0 Å². The molecular weight excluding hydrogens is 322 g/mol. The normalized spacial score (nSPS) is 11.5. The topological polar surface area (TPSA) is 78.0 Å². The van der Waals surface area contributed by atoms with Crippen LogP contribution < -0.4 is 5.14 Å². The molecule has 1 heterocycles. The Kier molecular flexibility index (Phi) is 3.74. The number of hydrogen-bond donors (Lipinski definition) is 1. The highest BCUT2D eigenvalue weighted by Gasteiger charge is 2.10. The zero-order valence-corrected chi connectivity index (χ0v) is 12.9. The van der Waals surface area contributed by atoms with Gasteiger partial charge in [-0.25, -0.2) is 18.5 Å². The number of primary sulfonamides is 1. The van der Waals surface area contributed by atoms with Gasteiger partial charge in [0.15, 0.2) is 0 Å². The molecule has 5 nitrogen and oxygen atoms in total. The third kappa shape index (κ3) is 2.89. The molecule has 0 unspecified atom stereocenters. The highest BCUT2D eigenvalue weighted by Crippen LogP contribution is 2.23. The maximum Gasteiger partial charge on any atom is 0.238 e. The van der Waals surface area contributed by atoms with E-state index in [0.717, 1.165) is 17.1 Å². The Morgan fingerprint density at radius 2 is 1.64 bits per heavy atom. The second-order valence-electron chi connectivity index (χ2n) is 4.67. The van der Waals surface area contributed by atoms with Gasteiger partial charge in [-0.05, 0) is 48.5 Å². The largest absolute Gasteiger partial charge is 0.300 e. The zero-order chi connectivity index (χ0) is 15.7. The average Bonchev–Trinajstić information content (AvgIpc) is 2.97. The first-order chi connectivity index (χ1) is 10.4. The first kappa shape index (κ1) is 14.8. The van der Waals surface area contributed by atoms with Crippen LogP contribution in [0.3, 0.4) is 0 Å². The Labute approximate surface area is 133 Å². The Balaban J connectivity index is 2.03. The molecule has 0 saturated carbocycles. The van der Waals surface area contributed by atoms with Gasteiger partial charge in [-0.2, -0.15) is 0 Å².